The molecule has 0 radical (unpaired) electrons. The van der Waals surface area contributed by atoms with Gasteiger partial charge in [-0.2, -0.15) is 0 Å². The number of hydrogen-bond acceptors (Lipinski definition) is 3. The van der Waals surface area contributed by atoms with Gasteiger partial charge in [0.15, 0.2) is 0 Å². The number of unbranched alkanes of at least 4 members (excludes halogenated alkanes) is 1. The quantitative estimate of drug-likeness (QED) is 0.765. The van der Waals surface area contributed by atoms with E-state index in [0.717, 1.165) is 30.6 Å². The van der Waals surface area contributed by atoms with Crippen LogP contribution >= 0.6 is 0 Å². The highest BCUT2D eigenvalue weighted by Gasteiger charge is 2.19. The average molecular weight is 237 g/mol. The summed E-state index contributed by atoms with van der Waals surface area (Å²) in [5.74, 6) is 0.847. The van der Waals surface area contributed by atoms with Gasteiger partial charge in [0.1, 0.15) is 5.75 Å². The van der Waals surface area contributed by atoms with Crippen LogP contribution in [0.15, 0.2) is 24.3 Å². The lowest BCUT2D eigenvalue weighted by Gasteiger charge is -2.22. The van der Waals surface area contributed by atoms with Crippen LogP contribution in [0.25, 0.3) is 0 Å². The molecule has 0 aromatic heterocycles. The molecule has 3 heteroatoms. The van der Waals surface area contributed by atoms with E-state index in [1.807, 2.05) is 24.3 Å². The largest absolute Gasteiger partial charge is 0.497 e. The van der Waals surface area contributed by atoms with E-state index >= 15 is 0 Å². The summed E-state index contributed by atoms with van der Waals surface area (Å²) in [6.07, 6.45) is 2.59. The Morgan fingerprint density at radius 3 is 2.41 bits per heavy atom. The van der Waals surface area contributed by atoms with Crippen molar-refractivity contribution in [3.05, 3.63) is 29.8 Å². The molecule has 0 spiro atoms. The van der Waals surface area contributed by atoms with Crippen molar-refractivity contribution in [1.29, 1.82) is 0 Å². The van der Waals surface area contributed by atoms with Crippen molar-refractivity contribution >= 4 is 0 Å². The van der Waals surface area contributed by atoms with E-state index in [1.54, 1.807) is 7.11 Å². The minimum atomic E-state index is -0.353. The molecule has 96 valence electrons. The first kappa shape index (κ1) is 14.0. The molecule has 0 amide bonds. The van der Waals surface area contributed by atoms with E-state index < -0.39 is 0 Å². The first-order valence-corrected chi connectivity index (χ1v) is 6.25. The Labute approximate surface area is 104 Å². The van der Waals surface area contributed by atoms with Crippen LogP contribution in [0, 0.1) is 0 Å². The minimum Gasteiger partial charge on any atom is -0.497 e. The average Bonchev–Trinajstić information content (AvgIpc) is 2.38. The van der Waals surface area contributed by atoms with Crippen molar-refractivity contribution in [3.63, 3.8) is 0 Å². The summed E-state index contributed by atoms with van der Waals surface area (Å²) in [5.41, 5.74) is 6.84. The fraction of sp³-hybridized carbons (Fsp3) is 0.571. The number of hydrogen-bond donors (Lipinski definition) is 2. The molecule has 0 saturated carbocycles. The third-order valence-corrected chi connectivity index (χ3v) is 3.12. The van der Waals surface area contributed by atoms with E-state index in [4.69, 9.17) is 10.5 Å². The predicted octanol–water partition coefficient (Wildman–Crippen LogP) is 2.29. The number of methoxy groups -OCH3 is 1. The summed E-state index contributed by atoms with van der Waals surface area (Å²) >= 11 is 0. The minimum absolute atomic E-state index is 0.0208. The van der Waals surface area contributed by atoms with Crippen LogP contribution in [0.5, 0.6) is 5.75 Å². The number of rotatable bonds is 7. The van der Waals surface area contributed by atoms with Gasteiger partial charge >= 0.3 is 0 Å². The third kappa shape index (κ3) is 4.02. The fourth-order valence-electron chi connectivity index (χ4n) is 1.98. The van der Waals surface area contributed by atoms with Gasteiger partial charge in [-0.25, -0.2) is 0 Å². The van der Waals surface area contributed by atoms with Crippen LogP contribution in [-0.2, 0) is 0 Å². The molecule has 0 heterocycles. The molecule has 0 saturated heterocycles. The van der Waals surface area contributed by atoms with Gasteiger partial charge in [0.25, 0.3) is 0 Å². The second-order valence-electron chi connectivity index (χ2n) is 4.32. The molecular weight excluding hydrogens is 214 g/mol. The highest BCUT2D eigenvalue weighted by atomic mass is 16.5. The van der Waals surface area contributed by atoms with Crippen LogP contribution < -0.4 is 10.5 Å². The smallest absolute Gasteiger partial charge is 0.118 e. The Morgan fingerprint density at radius 2 is 1.94 bits per heavy atom. The van der Waals surface area contributed by atoms with Gasteiger partial charge < -0.3 is 15.6 Å². The Hall–Kier alpha value is -1.06. The summed E-state index contributed by atoms with van der Waals surface area (Å²) < 4.78 is 5.11. The summed E-state index contributed by atoms with van der Waals surface area (Å²) in [7, 11) is 1.64. The lowest BCUT2D eigenvalue weighted by atomic mass is 9.90. The number of ether oxygens (including phenoxy) is 1. The first-order valence-electron chi connectivity index (χ1n) is 6.25. The summed E-state index contributed by atoms with van der Waals surface area (Å²) in [5, 5.41) is 10.1. The van der Waals surface area contributed by atoms with Crippen LogP contribution in [-0.4, -0.2) is 24.9 Å². The van der Waals surface area contributed by atoms with Gasteiger partial charge in [-0.15, -0.1) is 0 Å². The molecule has 2 atom stereocenters. The molecule has 0 aliphatic heterocycles. The zero-order chi connectivity index (χ0) is 12.7. The maximum Gasteiger partial charge on any atom is 0.118 e. The van der Waals surface area contributed by atoms with Gasteiger partial charge in [-0.05, 0) is 24.1 Å². The Kier molecular flexibility index (Phi) is 6.01. The van der Waals surface area contributed by atoms with E-state index in [0.29, 0.717) is 6.54 Å². The van der Waals surface area contributed by atoms with Crippen molar-refractivity contribution in [2.24, 2.45) is 5.73 Å². The Balaban J connectivity index is 2.70. The van der Waals surface area contributed by atoms with Crippen LogP contribution in [0.2, 0.25) is 0 Å². The standard InChI is InChI=1S/C14H23NO2/c1-3-4-5-14(16)13(10-15)11-6-8-12(17-2)9-7-11/h6-9,13-14,16H,3-5,10,15H2,1-2H3. The topological polar surface area (TPSA) is 55.5 Å². The number of benzene rings is 1. The molecule has 0 fully saturated rings. The lowest BCUT2D eigenvalue weighted by molar-refractivity contribution is 0.133. The molecular formula is C14H23NO2. The lowest BCUT2D eigenvalue weighted by Crippen LogP contribution is -2.25. The van der Waals surface area contributed by atoms with E-state index in [2.05, 4.69) is 6.92 Å². The summed E-state index contributed by atoms with van der Waals surface area (Å²) in [6.45, 7) is 2.59. The molecule has 0 aliphatic carbocycles. The van der Waals surface area contributed by atoms with Crippen molar-refractivity contribution in [3.8, 4) is 5.75 Å². The number of aliphatic hydroxyl groups excluding tert-OH is 1. The maximum absolute atomic E-state index is 10.1. The molecule has 1 aromatic rings. The highest BCUT2D eigenvalue weighted by Crippen LogP contribution is 2.24. The van der Waals surface area contributed by atoms with Crippen molar-refractivity contribution in [2.45, 2.75) is 38.2 Å². The van der Waals surface area contributed by atoms with Gasteiger partial charge in [0.05, 0.1) is 13.2 Å². The van der Waals surface area contributed by atoms with Gasteiger partial charge in [-0.1, -0.05) is 31.9 Å². The monoisotopic (exact) mass is 237 g/mol. The van der Waals surface area contributed by atoms with Crippen LogP contribution in [0.4, 0.5) is 0 Å². The molecule has 3 N–H and O–H groups in total. The molecule has 1 rings (SSSR count). The van der Waals surface area contributed by atoms with Gasteiger partial charge in [-0.3, -0.25) is 0 Å². The number of nitrogens with two attached hydrogens (primary N) is 1. The summed E-state index contributed by atoms with van der Waals surface area (Å²) in [4.78, 5) is 0. The van der Waals surface area contributed by atoms with Crippen LogP contribution in [0.3, 0.4) is 0 Å². The van der Waals surface area contributed by atoms with Crippen molar-refractivity contribution < 1.29 is 9.84 Å². The van der Waals surface area contributed by atoms with E-state index in [9.17, 15) is 5.11 Å². The van der Waals surface area contributed by atoms with E-state index in [-0.39, 0.29) is 12.0 Å². The maximum atomic E-state index is 10.1. The molecule has 0 bridgehead atoms. The van der Waals surface area contributed by atoms with Gasteiger partial charge in [0.2, 0.25) is 0 Å². The fourth-order valence-corrected chi connectivity index (χ4v) is 1.98. The zero-order valence-corrected chi connectivity index (χ0v) is 10.7. The Bertz CT molecular complexity index is 311. The van der Waals surface area contributed by atoms with Crippen LogP contribution in [0.1, 0.15) is 37.7 Å². The molecule has 2 unspecified atom stereocenters. The first-order chi connectivity index (χ1) is 8.22. The molecule has 3 nitrogen and oxygen atoms in total. The third-order valence-electron chi connectivity index (χ3n) is 3.12. The van der Waals surface area contributed by atoms with Crippen molar-refractivity contribution in [2.75, 3.05) is 13.7 Å². The molecule has 0 aliphatic rings. The number of aliphatic hydroxyl groups is 1. The SMILES string of the molecule is CCCCC(O)C(CN)c1ccc(OC)cc1. The second-order valence-corrected chi connectivity index (χ2v) is 4.32. The predicted molar refractivity (Wildman–Crippen MR) is 70.3 cm³/mol. The molecule has 17 heavy (non-hydrogen) atoms. The zero-order valence-electron chi connectivity index (χ0n) is 10.7. The Morgan fingerprint density at radius 1 is 1.29 bits per heavy atom. The highest BCUT2D eigenvalue weighted by molar-refractivity contribution is 5.30. The van der Waals surface area contributed by atoms with E-state index in [1.165, 1.54) is 0 Å². The molecule has 1 aromatic carbocycles. The second kappa shape index (κ2) is 7.30. The summed E-state index contributed by atoms with van der Waals surface area (Å²) in [6, 6.07) is 7.77. The van der Waals surface area contributed by atoms with Crippen molar-refractivity contribution in [1.82, 2.24) is 0 Å². The normalized spacial score (nSPS) is 14.4. The van der Waals surface area contributed by atoms with Gasteiger partial charge in [0, 0.05) is 12.5 Å².